The summed E-state index contributed by atoms with van der Waals surface area (Å²) in [5, 5.41) is 12.1. The molecule has 2 aromatic rings. The molecule has 4 nitrogen and oxygen atoms in total. The summed E-state index contributed by atoms with van der Waals surface area (Å²) >= 11 is 0. The Bertz CT molecular complexity index is 639. The van der Waals surface area contributed by atoms with Crippen molar-refractivity contribution in [2.24, 2.45) is 0 Å². The van der Waals surface area contributed by atoms with Crippen LogP contribution < -0.4 is 5.32 Å². The number of nitrogens with zero attached hydrogens (tertiary/aromatic N) is 1. The number of hydrogen-bond acceptors (Lipinski definition) is 2. The van der Waals surface area contributed by atoms with Gasteiger partial charge in [-0.2, -0.15) is 0 Å². The lowest BCUT2D eigenvalue weighted by atomic mass is 10.1. The first-order chi connectivity index (χ1) is 11.5. The van der Waals surface area contributed by atoms with E-state index in [2.05, 4.69) is 28.9 Å². The molecule has 0 spiro atoms. The van der Waals surface area contributed by atoms with Gasteiger partial charge in [0.15, 0.2) is 0 Å². The van der Waals surface area contributed by atoms with Crippen molar-refractivity contribution in [3.05, 3.63) is 58.9 Å². The molecule has 4 heteroatoms. The number of hydrogen-bond donors (Lipinski definition) is 2. The van der Waals surface area contributed by atoms with Gasteiger partial charge in [-0.1, -0.05) is 29.8 Å². The van der Waals surface area contributed by atoms with Crippen LogP contribution in [0.3, 0.4) is 0 Å². The molecule has 0 bridgehead atoms. The second-order valence-electron chi connectivity index (χ2n) is 6.42. The Kier molecular flexibility index (Phi) is 6.62. The number of aliphatic hydroxyl groups excluding tert-OH is 1. The number of aryl methyl sites for hydroxylation is 3. The highest BCUT2D eigenvalue weighted by molar-refractivity contribution is 5.80. The van der Waals surface area contributed by atoms with E-state index in [0.717, 1.165) is 36.2 Å². The van der Waals surface area contributed by atoms with Crippen LogP contribution in [0.4, 0.5) is 0 Å². The van der Waals surface area contributed by atoms with Crippen molar-refractivity contribution in [1.29, 1.82) is 0 Å². The molecule has 0 aliphatic carbocycles. The maximum Gasteiger partial charge on any atom is 0.243 e. The van der Waals surface area contributed by atoms with Crippen LogP contribution in [0.1, 0.15) is 47.8 Å². The second-order valence-corrected chi connectivity index (χ2v) is 6.42. The predicted molar refractivity (Wildman–Crippen MR) is 96.9 cm³/mol. The van der Waals surface area contributed by atoms with E-state index in [9.17, 15) is 4.79 Å². The van der Waals surface area contributed by atoms with E-state index in [4.69, 9.17) is 5.11 Å². The van der Waals surface area contributed by atoms with Gasteiger partial charge in [0.05, 0.1) is 0 Å². The summed E-state index contributed by atoms with van der Waals surface area (Å²) in [6, 6.07) is 12.1. The van der Waals surface area contributed by atoms with Crippen LogP contribution in [0.25, 0.3) is 0 Å². The molecule has 1 aromatic heterocycles. The fourth-order valence-electron chi connectivity index (χ4n) is 3.01. The minimum absolute atomic E-state index is 0.0379. The Balaban J connectivity index is 2.07. The van der Waals surface area contributed by atoms with Crippen LogP contribution in [0.15, 0.2) is 36.4 Å². The van der Waals surface area contributed by atoms with Gasteiger partial charge >= 0.3 is 0 Å². The van der Waals surface area contributed by atoms with Crippen molar-refractivity contribution in [1.82, 2.24) is 9.88 Å². The van der Waals surface area contributed by atoms with Crippen LogP contribution in [0, 0.1) is 20.8 Å². The molecule has 1 amide bonds. The highest BCUT2D eigenvalue weighted by atomic mass is 16.2. The zero-order valence-corrected chi connectivity index (χ0v) is 14.9. The standard InChI is InChI=1S/C20H28N2O2/c1-15-7-11-18(12-8-15)14-21-20(24)19(6-4-5-13-23)22-16(2)9-10-17(22)3/h7-12,19,23H,4-6,13-14H2,1-3H3,(H,21,24). The number of benzene rings is 1. The summed E-state index contributed by atoms with van der Waals surface area (Å²) < 4.78 is 2.10. The number of aromatic nitrogens is 1. The first kappa shape index (κ1) is 18.3. The fraction of sp³-hybridized carbons (Fsp3) is 0.450. The SMILES string of the molecule is Cc1ccc(CNC(=O)C(CCCCO)n2c(C)ccc2C)cc1. The van der Waals surface area contributed by atoms with E-state index in [1.54, 1.807) is 0 Å². The normalized spacial score (nSPS) is 12.2. The maximum atomic E-state index is 12.8. The summed E-state index contributed by atoms with van der Waals surface area (Å²) in [6.07, 6.45) is 2.29. The van der Waals surface area contributed by atoms with Crippen molar-refractivity contribution in [3.63, 3.8) is 0 Å². The van der Waals surface area contributed by atoms with Gasteiger partial charge in [-0.25, -0.2) is 0 Å². The smallest absolute Gasteiger partial charge is 0.243 e. The van der Waals surface area contributed by atoms with Crippen molar-refractivity contribution in [3.8, 4) is 0 Å². The monoisotopic (exact) mass is 328 g/mol. The fourth-order valence-corrected chi connectivity index (χ4v) is 3.01. The average molecular weight is 328 g/mol. The number of nitrogens with one attached hydrogen (secondary N) is 1. The molecule has 0 aliphatic rings. The molecule has 1 unspecified atom stereocenters. The largest absolute Gasteiger partial charge is 0.396 e. The molecular formula is C20H28N2O2. The van der Waals surface area contributed by atoms with Gasteiger partial charge in [0.2, 0.25) is 5.91 Å². The number of carbonyl (C=O) groups excluding carboxylic acids is 1. The quantitative estimate of drug-likeness (QED) is 0.729. The van der Waals surface area contributed by atoms with Gasteiger partial charge < -0.3 is 15.0 Å². The first-order valence-electron chi connectivity index (χ1n) is 8.61. The summed E-state index contributed by atoms with van der Waals surface area (Å²) in [7, 11) is 0. The third-order valence-corrected chi connectivity index (χ3v) is 4.41. The van der Waals surface area contributed by atoms with E-state index >= 15 is 0 Å². The summed E-state index contributed by atoms with van der Waals surface area (Å²) in [5.41, 5.74) is 4.49. The Morgan fingerprint density at radius 3 is 2.25 bits per heavy atom. The van der Waals surface area contributed by atoms with E-state index < -0.39 is 0 Å². The Labute approximate surface area is 144 Å². The van der Waals surface area contributed by atoms with E-state index in [0.29, 0.717) is 6.54 Å². The zero-order valence-electron chi connectivity index (χ0n) is 14.9. The average Bonchev–Trinajstić information content (AvgIpc) is 2.90. The van der Waals surface area contributed by atoms with Gasteiger partial charge in [0.1, 0.15) is 6.04 Å². The Morgan fingerprint density at radius 2 is 1.67 bits per heavy atom. The molecule has 0 saturated carbocycles. The molecule has 0 radical (unpaired) electrons. The van der Waals surface area contributed by atoms with Crippen molar-refractivity contribution >= 4 is 5.91 Å². The van der Waals surface area contributed by atoms with Crippen LogP contribution >= 0.6 is 0 Å². The number of aliphatic hydroxyl groups is 1. The maximum absolute atomic E-state index is 12.8. The third kappa shape index (κ3) is 4.71. The lowest BCUT2D eigenvalue weighted by molar-refractivity contribution is -0.124. The van der Waals surface area contributed by atoms with E-state index in [-0.39, 0.29) is 18.6 Å². The number of carbonyl (C=O) groups is 1. The number of amides is 1. The molecule has 1 aromatic carbocycles. The summed E-state index contributed by atoms with van der Waals surface area (Å²) in [4.78, 5) is 12.8. The molecular weight excluding hydrogens is 300 g/mol. The lowest BCUT2D eigenvalue weighted by Gasteiger charge is -2.22. The molecule has 0 aliphatic heterocycles. The Hall–Kier alpha value is -2.07. The second kappa shape index (κ2) is 8.69. The van der Waals surface area contributed by atoms with E-state index in [1.165, 1.54) is 5.56 Å². The van der Waals surface area contributed by atoms with Crippen LogP contribution in [0.5, 0.6) is 0 Å². The molecule has 1 heterocycles. The van der Waals surface area contributed by atoms with Crippen LogP contribution in [-0.2, 0) is 11.3 Å². The molecule has 1 atom stereocenters. The van der Waals surface area contributed by atoms with Crippen molar-refractivity contribution < 1.29 is 9.90 Å². The highest BCUT2D eigenvalue weighted by Gasteiger charge is 2.22. The van der Waals surface area contributed by atoms with Gasteiger partial charge in [0, 0.05) is 24.5 Å². The van der Waals surface area contributed by atoms with Gasteiger partial charge in [-0.3, -0.25) is 4.79 Å². The molecule has 0 saturated heterocycles. The zero-order chi connectivity index (χ0) is 17.5. The van der Waals surface area contributed by atoms with Gasteiger partial charge in [-0.15, -0.1) is 0 Å². The minimum Gasteiger partial charge on any atom is -0.396 e. The Morgan fingerprint density at radius 1 is 1.04 bits per heavy atom. The van der Waals surface area contributed by atoms with Crippen molar-refractivity contribution in [2.75, 3.05) is 6.61 Å². The van der Waals surface area contributed by atoms with Crippen LogP contribution in [0.2, 0.25) is 0 Å². The molecule has 0 fully saturated rings. The number of unbranched alkanes of at least 4 members (excludes halogenated alkanes) is 1. The highest BCUT2D eigenvalue weighted by Crippen LogP contribution is 2.21. The first-order valence-corrected chi connectivity index (χ1v) is 8.61. The summed E-state index contributed by atoms with van der Waals surface area (Å²) in [6.45, 7) is 6.81. The third-order valence-electron chi connectivity index (χ3n) is 4.41. The predicted octanol–water partition coefficient (Wildman–Crippen LogP) is 3.43. The topological polar surface area (TPSA) is 54.3 Å². The molecule has 2 N–H and O–H groups in total. The van der Waals surface area contributed by atoms with Crippen molar-refractivity contribution in [2.45, 2.75) is 52.6 Å². The minimum atomic E-state index is -0.225. The number of rotatable bonds is 8. The lowest BCUT2D eigenvalue weighted by Crippen LogP contribution is -2.33. The van der Waals surface area contributed by atoms with Gasteiger partial charge in [-0.05, 0) is 57.7 Å². The summed E-state index contributed by atoms with van der Waals surface area (Å²) in [5.74, 6) is 0.0379. The van der Waals surface area contributed by atoms with Gasteiger partial charge in [0.25, 0.3) is 0 Å². The molecule has 130 valence electrons. The van der Waals surface area contributed by atoms with Crippen LogP contribution in [-0.4, -0.2) is 22.2 Å². The molecule has 2 rings (SSSR count). The van der Waals surface area contributed by atoms with E-state index in [1.807, 2.05) is 38.1 Å². The molecule has 24 heavy (non-hydrogen) atoms.